The van der Waals surface area contributed by atoms with Gasteiger partial charge in [-0.3, -0.25) is 0 Å². The molecule has 0 N–H and O–H groups in total. The smallest absolute Gasteiger partial charge is 0.0163 e. The molecule has 0 heterocycles. The van der Waals surface area contributed by atoms with Crippen molar-refractivity contribution in [1.29, 1.82) is 0 Å². The van der Waals surface area contributed by atoms with Gasteiger partial charge in [0.15, 0.2) is 0 Å². The van der Waals surface area contributed by atoms with E-state index in [0.717, 1.165) is 0 Å². The SMILES string of the molecule is CCCCCCCCC[CH]SC. The first-order valence-electron chi connectivity index (χ1n) is 5.26. The maximum atomic E-state index is 2.31. The van der Waals surface area contributed by atoms with E-state index in [1.165, 1.54) is 51.4 Å². The normalized spacial score (nSPS) is 10.5. The Morgan fingerprint density at radius 1 is 0.917 bits per heavy atom. The topological polar surface area (TPSA) is 0 Å². The van der Waals surface area contributed by atoms with E-state index in [0.29, 0.717) is 0 Å². The number of rotatable bonds is 9. The third-order valence-corrected chi connectivity index (χ3v) is 2.66. The van der Waals surface area contributed by atoms with Crippen LogP contribution in [0.1, 0.15) is 58.3 Å². The van der Waals surface area contributed by atoms with Gasteiger partial charge >= 0.3 is 0 Å². The Balaban J connectivity index is 2.73. The molecule has 0 saturated carbocycles. The highest BCUT2D eigenvalue weighted by molar-refractivity contribution is 8.00. The van der Waals surface area contributed by atoms with Gasteiger partial charge in [-0.15, -0.1) is 0 Å². The fourth-order valence-electron chi connectivity index (χ4n) is 1.30. The lowest BCUT2D eigenvalue weighted by molar-refractivity contribution is 0.591. The van der Waals surface area contributed by atoms with Gasteiger partial charge in [0, 0.05) is 5.75 Å². The standard InChI is InChI=1S/C11H23S/c1-3-4-5-6-7-8-9-10-11-12-2/h11H,3-10H2,1-2H3. The van der Waals surface area contributed by atoms with E-state index in [4.69, 9.17) is 0 Å². The molecule has 0 aliphatic heterocycles. The van der Waals surface area contributed by atoms with Crippen molar-refractivity contribution in [3.8, 4) is 0 Å². The van der Waals surface area contributed by atoms with Gasteiger partial charge in [-0.1, -0.05) is 51.9 Å². The molecule has 1 radical (unpaired) electrons. The average Bonchev–Trinajstić information content (AvgIpc) is 2.10. The fraction of sp³-hybridized carbons (Fsp3) is 0.909. The van der Waals surface area contributed by atoms with E-state index in [2.05, 4.69) is 18.9 Å². The third-order valence-electron chi connectivity index (χ3n) is 2.09. The van der Waals surface area contributed by atoms with Crippen LogP contribution in [0, 0.1) is 5.75 Å². The van der Waals surface area contributed by atoms with Crippen LogP contribution >= 0.6 is 11.8 Å². The van der Waals surface area contributed by atoms with Crippen LogP contribution in [-0.2, 0) is 0 Å². The molecular weight excluding hydrogens is 164 g/mol. The molecule has 0 aliphatic rings. The Bertz CT molecular complexity index is 61.4. The lowest BCUT2D eigenvalue weighted by Gasteiger charge is -1.99. The molecule has 0 aromatic rings. The van der Waals surface area contributed by atoms with Gasteiger partial charge < -0.3 is 0 Å². The van der Waals surface area contributed by atoms with Crippen LogP contribution in [0.2, 0.25) is 0 Å². The average molecular weight is 187 g/mol. The Kier molecular flexibility index (Phi) is 11.7. The lowest BCUT2D eigenvalue weighted by Crippen LogP contribution is -1.79. The number of hydrogen-bond acceptors (Lipinski definition) is 1. The molecule has 0 aromatic heterocycles. The van der Waals surface area contributed by atoms with Crippen LogP contribution in [0.5, 0.6) is 0 Å². The van der Waals surface area contributed by atoms with Crippen molar-refractivity contribution < 1.29 is 0 Å². The van der Waals surface area contributed by atoms with E-state index in [1.54, 1.807) is 0 Å². The highest BCUT2D eigenvalue weighted by Crippen LogP contribution is 2.11. The van der Waals surface area contributed by atoms with Crippen LogP contribution < -0.4 is 0 Å². The lowest BCUT2D eigenvalue weighted by atomic mass is 10.1. The second-order valence-electron chi connectivity index (χ2n) is 3.31. The molecular formula is C11H23S. The largest absolute Gasteiger partial charge is 0.161 e. The van der Waals surface area contributed by atoms with Crippen LogP contribution in [0.4, 0.5) is 0 Å². The molecule has 0 rings (SSSR count). The molecule has 0 fully saturated rings. The summed E-state index contributed by atoms with van der Waals surface area (Å²) in [7, 11) is 0. The summed E-state index contributed by atoms with van der Waals surface area (Å²) >= 11 is 1.85. The summed E-state index contributed by atoms with van der Waals surface area (Å²) < 4.78 is 0. The molecule has 0 atom stereocenters. The molecule has 12 heavy (non-hydrogen) atoms. The van der Waals surface area contributed by atoms with Crippen molar-refractivity contribution in [2.45, 2.75) is 58.3 Å². The molecule has 1 heteroatoms. The maximum absolute atomic E-state index is 2.31. The quantitative estimate of drug-likeness (QED) is 0.473. The molecule has 73 valence electrons. The van der Waals surface area contributed by atoms with Gasteiger partial charge in [0.2, 0.25) is 0 Å². The van der Waals surface area contributed by atoms with Crippen molar-refractivity contribution in [1.82, 2.24) is 0 Å². The number of unbranched alkanes of at least 4 members (excludes halogenated alkanes) is 7. The van der Waals surface area contributed by atoms with Gasteiger partial charge in [-0.25, -0.2) is 0 Å². The van der Waals surface area contributed by atoms with E-state index in [9.17, 15) is 0 Å². The predicted octanol–water partition coefficient (Wildman–Crippen LogP) is 4.65. The first-order chi connectivity index (χ1) is 5.91. The first kappa shape index (κ1) is 12.3. The number of thioether (sulfide) groups is 1. The second-order valence-corrected chi connectivity index (χ2v) is 4.12. The minimum Gasteiger partial charge on any atom is -0.161 e. The number of hydrogen-bond donors (Lipinski definition) is 0. The molecule has 0 aromatic carbocycles. The molecule has 0 aliphatic carbocycles. The van der Waals surface area contributed by atoms with Gasteiger partial charge in [0.1, 0.15) is 0 Å². The predicted molar refractivity (Wildman–Crippen MR) is 60.4 cm³/mol. The Hall–Kier alpha value is 0.350. The molecule has 0 saturated heterocycles. The summed E-state index contributed by atoms with van der Waals surface area (Å²) in [4.78, 5) is 0. The highest BCUT2D eigenvalue weighted by atomic mass is 32.2. The van der Waals surface area contributed by atoms with Crippen molar-refractivity contribution in [2.75, 3.05) is 6.26 Å². The van der Waals surface area contributed by atoms with Crippen LogP contribution in [0.25, 0.3) is 0 Å². The van der Waals surface area contributed by atoms with E-state index in [1.807, 2.05) is 11.8 Å². The minimum atomic E-state index is 1.30. The van der Waals surface area contributed by atoms with Gasteiger partial charge in [-0.05, 0) is 12.7 Å². The van der Waals surface area contributed by atoms with Crippen molar-refractivity contribution >= 4 is 11.8 Å². The van der Waals surface area contributed by atoms with E-state index in [-0.39, 0.29) is 0 Å². The first-order valence-corrected chi connectivity index (χ1v) is 6.55. The second kappa shape index (κ2) is 11.4. The van der Waals surface area contributed by atoms with Crippen molar-refractivity contribution in [2.24, 2.45) is 0 Å². The molecule has 0 bridgehead atoms. The van der Waals surface area contributed by atoms with Gasteiger partial charge in [0.25, 0.3) is 0 Å². The van der Waals surface area contributed by atoms with Crippen LogP contribution in [-0.4, -0.2) is 6.26 Å². The van der Waals surface area contributed by atoms with E-state index < -0.39 is 0 Å². The monoisotopic (exact) mass is 187 g/mol. The summed E-state index contributed by atoms with van der Waals surface area (Å²) in [6.07, 6.45) is 13.4. The molecule has 0 unspecified atom stereocenters. The molecule has 0 spiro atoms. The van der Waals surface area contributed by atoms with Crippen molar-refractivity contribution in [3.63, 3.8) is 0 Å². The molecule has 0 amide bonds. The highest BCUT2D eigenvalue weighted by Gasteiger charge is 1.90. The van der Waals surface area contributed by atoms with Crippen LogP contribution in [0.15, 0.2) is 0 Å². The van der Waals surface area contributed by atoms with Gasteiger partial charge in [-0.2, -0.15) is 11.8 Å². The maximum Gasteiger partial charge on any atom is 0.0163 e. The van der Waals surface area contributed by atoms with Crippen LogP contribution in [0.3, 0.4) is 0 Å². The zero-order valence-corrected chi connectivity index (χ0v) is 9.46. The summed E-state index contributed by atoms with van der Waals surface area (Å²) in [5.41, 5.74) is 0. The zero-order valence-electron chi connectivity index (χ0n) is 8.64. The van der Waals surface area contributed by atoms with Crippen molar-refractivity contribution in [3.05, 3.63) is 5.75 Å². The fourth-order valence-corrected chi connectivity index (χ4v) is 1.70. The molecule has 0 nitrogen and oxygen atoms in total. The van der Waals surface area contributed by atoms with Gasteiger partial charge in [0.05, 0.1) is 0 Å². The summed E-state index contributed by atoms with van der Waals surface area (Å²) in [5, 5.41) is 0. The Morgan fingerprint density at radius 3 is 2.08 bits per heavy atom. The Morgan fingerprint density at radius 2 is 1.50 bits per heavy atom. The summed E-state index contributed by atoms with van der Waals surface area (Å²) in [6.45, 7) is 2.27. The zero-order chi connectivity index (χ0) is 9.07. The minimum absolute atomic E-state index is 1.30. The Labute approximate surface area is 82.5 Å². The third kappa shape index (κ3) is 10.3. The van der Waals surface area contributed by atoms with E-state index >= 15 is 0 Å². The summed E-state index contributed by atoms with van der Waals surface area (Å²) in [6, 6.07) is 0. The summed E-state index contributed by atoms with van der Waals surface area (Å²) in [5.74, 6) is 2.31.